The quantitative estimate of drug-likeness (QED) is 0.681. The van der Waals surface area contributed by atoms with Crippen LogP contribution in [-0.4, -0.2) is 9.78 Å². The monoisotopic (exact) mass is 290 g/mol. The fraction of sp³-hybridized carbons (Fsp3) is 0.105. The van der Waals surface area contributed by atoms with E-state index in [-0.39, 0.29) is 0 Å². The van der Waals surface area contributed by atoms with Gasteiger partial charge < -0.3 is 4.74 Å². The smallest absolute Gasteiger partial charge is 0.119 e. The fourth-order valence-electron chi connectivity index (χ4n) is 2.12. The largest absolute Gasteiger partial charge is 0.489 e. The second-order valence-electron chi connectivity index (χ2n) is 4.97. The first-order chi connectivity index (χ1) is 10.9. The molecule has 0 amide bonds. The Balaban J connectivity index is 1.52. The van der Waals surface area contributed by atoms with Gasteiger partial charge in [0.25, 0.3) is 0 Å². The summed E-state index contributed by atoms with van der Waals surface area (Å²) in [6.07, 6.45) is 7.91. The molecular weight excluding hydrogens is 272 g/mol. The Labute approximate surface area is 130 Å². The van der Waals surface area contributed by atoms with E-state index in [9.17, 15) is 0 Å². The highest BCUT2D eigenvalue weighted by Gasteiger charge is 1.95. The number of hydrogen-bond acceptors (Lipinski definition) is 2. The predicted molar refractivity (Wildman–Crippen MR) is 88.5 cm³/mol. The second-order valence-corrected chi connectivity index (χ2v) is 4.97. The molecule has 0 unspecified atom stereocenters. The van der Waals surface area contributed by atoms with Crippen molar-refractivity contribution >= 4 is 6.08 Å². The van der Waals surface area contributed by atoms with E-state index < -0.39 is 0 Å². The lowest BCUT2D eigenvalue weighted by Crippen LogP contribution is -1.95. The van der Waals surface area contributed by atoms with Gasteiger partial charge >= 0.3 is 0 Å². The summed E-state index contributed by atoms with van der Waals surface area (Å²) in [6, 6.07) is 20.2. The Bertz CT molecular complexity index is 701. The number of nitrogens with zero attached hydrogens (tertiary/aromatic N) is 2. The normalized spacial score (nSPS) is 10.9. The number of ether oxygens (including phenoxy) is 1. The zero-order valence-corrected chi connectivity index (χ0v) is 12.3. The Morgan fingerprint density at radius 3 is 2.50 bits per heavy atom. The number of benzene rings is 2. The molecule has 0 bridgehead atoms. The first kappa shape index (κ1) is 14.1. The average molecular weight is 290 g/mol. The van der Waals surface area contributed by atoms with Crippen LogP contribution in [0.4, 0.5) is 0 Å². The molecule has 2 aromatic carbocycles. The van der Waals surface area contributed by atoms with Crippen molar-refractivity contribution in [2.45, 2.75) is 13.2 Å². The van der Waals surface area contributed by atoms with Gasteiger partial charge in [-0.3, -0.25) is 4.68 Å². The third-order valence-corrected chi connectivity index (χ3v) is 3.29. The SMILES string of the molecule is C(=C\c1ccc(OCc2ccccc2)cc1)/Cn1cccn1. The molecule has 3 aromatic rings. The van der Waals surface area contributed by atoms with E-state index >= 15 is 0 Å². The lowest BCUT2D eigenvalue weighted by atomic mass is 10.2. The standard InChI is InChI=1S/C19H18N2O/c1-2-6-18(7-3-1)16-22-19-11-9-17(10-12-19)8-4-14-21-15-5-13-20-21/h1-13,15H,14,16H2/b8-4+. The van der Waals surface area contributed by atoms with Gasteiger partial charge in [0.15, 0.2) is 0 Å². The molecular formula is C19H18N2O. The molecule has 3 heteroatoms. The van der Waals surface area contributed by atoms with Crippen LogP contribution in [0, 0.1) is 0 Å². The summed E-state index contributed by atoms with van der Waals surface area (Å²) in [5, 5.41) is 4.16. The minimum absolute atomic E-state index is 0.593. The predicted octanol–water partition coefficient (Wildman–Crippen LogP) is 4.18. The summed E-state index contributed by atoms with van der Waals surface area (Å²) >= 11 is 0. The van der Waals surface area contributed by atoms with Gasteiger partial charge in [-0.15, -0.1) is 0 Å². The van der Waals surface area contributed by atoms with Crippen LogP contribution in [0.1, 0.15) is 11.1 Å². The van der Waals surface area contributed by atoms with Crippen molar-refractivity contribution < 1.29 is 4.74 Å². The molecule has 0 aliphatic rings. The van der Waals surface area contributed by atoms with Gasteiger partial charge in [0.1, 0.15) is 12.4 Å². The number of allylic oxidation sites excluding steroid dienone is 1. The highest BCUT2D eigenvalue weighted by molar-refractivity contribution is 5.50. The molecule has 3 rings (SSSR count). The van der Waals surface area contributed by atoms with Crippen LogP contribution in [0.25, 0.3) is 6.08 Å². The van der Waals surface area contributed by atoms with Gasteiger partial charge in [0.05, 0.1) is 6.54 Å². The van der Waals surface area contributed by atoms with E-state index in [1.54, 1.807) is 6.20 Å². The van der Waals surface area contributed by atoms with Crippen molar-refractivity contribution in [3.63, 3.8) is 0 Å². The van der Waals surface area contributed by atoms with Crippen molar-refractivity contribution in [2.24, 2.45) is 0 Å². The minimum Gasteiger partial charge on any atom is -0.489 e. The van der Waals surface area contributed by atoms with Gasteiger partial charge in [-0.2, -0.15) is 5.10 Å². The first-order valence-electron chi connectivity index (χ1n) is 7.31. The number of hydrogen-bond donors (Lipinski definition) is 0. The van der Waals surface area contributed by atoms with E-state index in [1.165, 1.54) is 5.56 Å². The molecule has 0 aliphatic carbocycles. The average Bonchev–Trinajstić information content (AvgIpc) is 3.08. The Morgan fingerprint density at radius 2 is 1.77 bits per heavy atom. The molecule has 22 heavy (non-hydrogen) atoms. The molecule has 1 heterocycles. The van der Waals surface area contributed by atoms with Crippen molar-refractivity contribution in [3.05, 3.63) is 90.3 Å². The highest BCUT2D eigenvalue weighted by Crippen LogP contribution is 2.15. The lowest BCUT2D eigenvalue weighted by Gasteiger charge is -2.06. The van der Waals surface area contributed by atoms with E-state index in [1.807, 2.05) is 47.3 Å². The van der Waals surface area contributed by atoms with Gasteiger partial charge in [-0.05, 0) is 29.3 Å². The summed E-state index contributed by atoms with van der Waals surface area (Å²) in [5.41, 5.74) is 2.32. The molecule has 0 radical (unpaired) electrons. The van der Waals surface area contributed by atoms with E-state index in [0.29, 0.717) is 6.61 Å². The number of rotatable bonds is 6. The van der Waals surface area contributed by atoms with Crippen molar-refractivity contribution in [1.82, 2.24) is 9.78 Å². The summed E-state index contributed by atoms with van der Waals surface area (Å²) < 4.78 is 7.65. The molecule has 0 fully saturated rings. The van der Waals surface area contributed by atoms with E-state index in [4.69, 9.17) is 4.74 Å². The zero-order chi connectivity index (χ0) is 15.0. The van der Waals surface area contributed by atoms with Gasteiger partial charge in [0.2, 0.25) is 0 Å². The van der Waals surface area contributed by atoms with Crippen molar-refractivity contribution in [2.75, 3.05) is 0 Å². The third-order valence-electron chi connectivity index (χ3n) is 3.29. The van der Waals surface area contributed by atoms with E-state index in [0.717, 1.165) is 17.9 Å². The second kappa shape index (κ2) is 7.27. The summed E-state index contributed by atoms with van der Waals surface area (Å²) in [4.78, 5) is 0. The fourth-order valence-corrected chi connectivity index (χ4v) is 2.12. The van der Waals surface area contributed by atoms with Crippen LogP contribution in [0.3, 0.4) is 0 Å². The Hall–Kier alpha value is -2.81. The zero-order valence-electron chi connectivity index (χ0n) is 12.3. The maximum atomic E-state index is 5.77. The Kier molecular flexibility index (Phi) is 4.67. The molecule has 0 saturated heterocycles. The molecule has 3 nitrogen and oxygen atoms in total. The molecule has 0 spiro atoms. The molecule has 110 valence electrons. The summed E-state index contributed by atoms with van der Waals surface area (Å²) in [6.45, 7) is 1.37. The number of aromatic nitrogens is 2. The van der Waals surface area contributed by atoms with Crippen LogP contribution in [0.15, 0.2) is 79.1 Å². The molecule has 1 aromatic heterocycles. The molecule has 0 aliphatic heterocycles. The van der Waals surface area contributed by atoms with Crippen LogP contribution < -0.4 is 4.74 Å². The summed E-state index contributed by atoms with van der Waals surface area (Å²) in [5.74, 6) is 0.882. The molecule has 0 atom stereocenters. The van der Waals surface area contributed by atoms with Crippen LogP contribution >= 0.6 is 0 Å². The summed E-state index contributed by atoms with van der Waals surface area (Å²) in [7, 11) is 0. The van der Waals surface area contributed by atoms with Crippen molar-refractivity contribution in [1.29, 1.82) is 0 Å². The molecule has 0 N–H and O–H groups in total. The molecule has 0 saturated carbocycles. The van der Waals surface area contributed by atoms with Gasteiger partial charge in [0, 0.05) is 12.4 Å². The van der Waals surface area contributed by atoms with Gasteiger partial charge in [-0.25, -0.2) is 0 Å². The van der Waals surface area contributed by atoms with Crippen LogP contribution in [-0.2, 0) is 13.2 Å². The van der Waals surface area contributed by atoms with Crippen LogP contribution in [0.5, 0.6) is 5.75 Å². The van der Waals surface area contributed by atoms with Crippen LogP contribution in [0.2, 0.25) is 0 Å². The highest BCUT2D eigenvalue weighted by atomic mass is 16.5. The minimum atomic E-state index is 0.593. The maximum Gasteiger partial charge on any atom is 0.119 e. The van der Waals surface area contributed by atoms with Crippen molar-refractivity contribution in [3.8, 4) is 5.75 Å². The first-order valence-corrected chi connectivity index (χ1v) is 7.31. The topological polar surface area (TPSA) is 27.1 Å². The third kappa shape index (κ3) is 4.09. The van der Waals surface area contributed by atoms with E-state index in [2.05, 4.69) is 41.5 Å². The van der Waals surface area contributed by atoms with Gasteiger partial charge in [-0.1, -0.05) is 54.6 Å². The maximum absolute atomic E-state index is 5.77. The lowest BCUT2D eigenvalue weighted by molar-refractivity contribution is 0.306. The Morgan fingerprint density at radius 1 is 0.955 bits per heavy atom.